The summed E-state index contributed by atoms with van der Waals surface area (Å²) in [5.74, 6) is 0.0219. The van der Waals surface area contributed by atoms with Crippen LogP contribution in [0.2, 0.25) is 0 Å². The van der Waals surface area contributed by atoms with E-state index in [1.165, 1.54) is 19.2 Å². The summed E-state index contributed by atoms with van der Waals surface area (Å²) >= 11 is 3.29. The number of amides is 1. The van der Waals surface area contributed by atoms with E-state index in [-0.39, 0.29) is 12.1 Å². The molecule has 0 aromatic heterocycles. The zero-order chi connectivity index (χ0) is 18.3. The van der Waals surface area contributed by atoms with Crippen LogP contribution >= 0.6 is 15.9 Å². The van der Waals surface area contributed by atoms with Gasteiger partial charge >= 0.3 is 6.18 Å². The molecule has 0 heterocycles. The van der Waals surface area contributed by atoms with E-state index in [2.05, 4.69) is 15.9 Å². The predicted octanol–water partition coefficient (Wildman–Crippen LogP) is 4.66. The van der Waals surface area contributed by atoms with Gasteiger partial charge in [-0.05, 0) is 40.9 Å². The molecule has 0 radical (unpaired) electrons. The monoisotopic (exact) mass is 411 g/mol. The highest BCUT2D eigenvalue weighted by atomic mass is 79.9. The van der Waals surface area contributed by atoms with Crippen molar-refractivity contribution < 1.29 is 27.4 Å². The van der Waals surface area contributed by atoms with Crippen LogP contribution in [0.15, 0.2) is 16.6 Å². The topological polar surface area (TPSA) is 38.8 Å². The molecule has 0 aliphatic rings. The number of hydrogen-bond donors (Lipinski definition) is 0. The molecule has 8 heteroatoms. The number of benzene rings is 1. The van der Waals surface area contributed by atoms with Crippen LogP contribution in [0.4, 0.5) is 13.2 Å². The lowest BCUT2D eigenvalue weighted by Gasteiger charge is -2.24. The second-order valence-electron chi connectivity index (χ2n) is 5.18. The predicted molar refractivity (Wildman–Crippen MR) is 88.7 cm³/mol. The van der Waals surface area contributed by atoms with Gasteiger partial charge in [0, 0.05) is 12.1 Å². The molecule has 0 N–H and O–H groups in total. The molecule has 1 aromatic carbocycles. The van der Waals surface area contributed by atoms with E-state index in [9.17, 15) is 18.0 Å². The van der Waals surface area contributed by atoms with Crippen LogP contribution in [0, 0.1) is 0 Å². The van der Waals surface area contributed by atoms with Crippen LogP contribution in [0.25, 0.3) is 0 Å². The quantitative estimate of drug-likeness (QED) is 0.624. The number of halogens is 4. The standard InChI is InChI=1S/C16H21BrF3NO3/c1-4-6-21(10-16(18,19)20)15(22)11-8-12(17)14(24-7-5-2)13(9-11)23-3/h8-9H,4-7,10H2,1-3H3. The maximum atomic E-state index is 12.7. The van der Waals surface area contributed by atoms with Crippen molar-refractivity contribution in [2.24, 2.45) is 0 Å². The fourth-order valence-electron chi connectivity index (χ4n) is 2.11. The first kappa shape index (κ1) is 20.6. The summed E-state index contributed by atoms with van der Waals surface area (Å²) in [4.78, 5) is 13.3. The van der Waals surface area contributed by atoms with Gasteiger partial charge in [0.05, 0.1) is 18.2 Å². The highest BCUT2D eigenvalue weighted by molar-refractivity contribution is 9.10. The molecule has 0 aliphatic carbocycles. The fourth-order valence-corrected chi connectivity index (χ4v) is 2.67. The van der Waals surface area contributed by atoms with Crippen molar-refractivity contribution in [1.29, 1.82) is 0 Å². The molecule has 0 atom stereocenters. The van der Waals surface area contributed by atoms with E-state index in [0.717, 1.165) is 11.3 Å². The van der Waals surface area contributed by atoms with E-state index < -0.39 is 18.6 Å². The van der Waals surface area contributed by atoms with Crippen LogP contribution in [0.3, 0.4) is 0 Å². The third kappa shape index (κ3) is 5.89. The number of methoxy groups -OCH3 is 1. The molecular formula is C16H21BrF3NO3. The molecular weight excluding hydrogens is 391 g/mol. The van der Waals surface area contributed by atoms with Gasteiger partial charge in [0.25, 0.3) is 5.91 Å². The Labute approximate surface area is 148 Å². The normalized spacial score (nSPS) is 11.3. The summed E-state index contributed by atoms with van der Waals surface area (Å²) in [6.07, 6.45) is -3.24. The van der Waals surface area contributed by atoms with Crippen molar-refractivity contribution in [1.82, 2.24) is 4.90 Å². The Morgan fingerprint density at radius 2 is 1.92 bits per heavy atom. The Balaban J connectivity index is 3.14. The minimum absolute atomic E-state index is 0.0202. The zero-order valence-corrected chi connectivity index (χ0v) is 15.5. The smallest absolute Gasteiger partial charge is 0.406 e. The fraction of sp³-hybridized carbons (Fsp3) is 0.562. The van der Waals surface area contributed by atoms with E-state index >= 15 is 0 Å². The molecule has 136 valence electrons. The van der Waals surface area contributed by atoms with E-state index in [0.29, 0.717) is 29.0 Å². The first-order valence-electron chi connectivity index (χ1n) is 7.59. The largest absolute Gasteiger partial charge is 0.493 e. The van der Waals surface area contributed by atoms with Gasteiger partial charge in [-0.2, -0.15) is 13.2 Å². The van der Waals surface area contributed by atoms with Gasteiger partial charge in [0.2, 0.25) is 0 Å². The maximum Gasteiger partial charge on any atom is 0.406 e. The van der Waals surface area contributed by atoms with Crippen molar-refractivity contribution >= 4 is 21.8 Å². The number of carbonyl (C=O) groups is 1. The van der Waals surface area contributed by atoms with Crippen molar-refractivity contribution in [2.75, 3.05) is 26.8 Å². The van der Waals surface area contributed by atoms with Crippen molar-refractivity contribution in [3.05, 3.63) is 22.2 Å². The molecule has 0 saturated carbocycles. The molecule has 0 fully saturated rings. The third-order valence-electron chi connectivity index (χ3n) is 3.08. The van der Waals surface area contributed by atoms with Crippen LogP contribution in [0.1, 0.15) is 37.0 Å². The second-order valence-corrected chi connectivity index (χ2v) is 6.03. The summed E-state index contributed by atoms with van der Waals surface area (Å²) in [6, 6.07) is 2.85. The molecule has 0 aliphatic heterocycles. The molecule has 0 bridgehead atoms. The molecule has 0 spiro atoms. The lowest BCUT2D eigenvalue weighted by Crippen LogP contribution is -2.39. The third-order valence-corrected chi connectivity index (χ3v) is 3.67. The molecule has 1 rings (SSSR count). The molecule has 1 aromatic rings. The highest BCUT2D eigenvalue weighted by Crippen LogP contribution is 2.37. The number of rotatable bonds is 8. The summed E-state index contributed by atoms with van der Waals surface area (Å²) in [7, 11) is 1.41. The molecule has 0 saturated heterocycles. The summed E-state index contributed by atoms with van der Waals surface area (Å²) in [5, 5.41) is 0. The SMILES string of the molecule is CCCOc1c(Br)cc(C(=O)N(CCC)CC(F)(F)F)cc1OC. The number of nitrogens with zero attached hydrogens (tertiary/aromatic N) is 1. The van der Waals surface area contributed by atoms with Crippen molar-refractivity contribution in [3.63, 3.8) is 0 Å². The minimum Gasteiger partial charge on any atom is -0.493 e. The van der Waals surface area contributed by atoms with Gasteiger partial charge in [-0.25, -0.2) is 0 Å². The minimum atomic E-state index is -4.45. The first-order valence-corrected chi connectivity index (χ1v) is 8.39. The average molecular weight is 412 g/mol. The molecule has 1 amide bonds. The number of carbonyl (C=O) groups excluding carboxylic acids is 1. The van der Waals surface area contributed by atoms with Gasteiger partial charge in [-0.1, -0.05) is 13.8 Å². The van der Waals surface area contributed by atoms with Gasteiger partial charge < -0.3 is 14.4 Å². The maximum absolute atomic E-state index is 12.7. The number of alkyl halides is 3. The van der Waals surface area contributed by atoms with Crippen LogP contribution < -0.4 is 9.47 Å². The van der Waals surface area contributed by atoms with E-state index in [1.807, 2.05) is 6.92 Å². The molecule has 4 nitrogen and oxygen atoms in total. The first-order chi connectivity index (χ1) is 11.2. The lowest BCUT2D eigenvalue weighted by atomic mass is 10.1. The van der Waals surface area contributed by atoms with Crippen LogP contribution in [-0.4, -0.2) is 43.8 Å². The van der Waals surface area contributed by atoms with Crippen molar-refractivity contribution in [3.8, 4) is 11.5 Å². The van der Waals surface area contributed by atoms with Crippen LogP contribution in [0.5, 0.6) is 11.5 Å². The Morgan fingerprint density at radius 1 is 1.25 bits per heavy atom. The molecule has 24 heavy (non-hydrogen) atoms. The molecule has 0 unspecified atom stereocenters. The summed E-state index contributed by atoms with van der Waals surface area (Å²) < 4.78 is 49.3. The Bertz CT molecular complexity index is 564. The summed E-state index contributed by atoms with van der Waals surface area (Å²) in [5.41, 5.74) is 0.111. The Hall–Kier alpha value is -1.44. The number of ether oxygens (including phenoxy) is 2. The Morgan fingerprint density at radius 3 is 2.42 bits per heavy atom. The van der Waals surface area contributed by atoms with Gasteiger partial charge in [-0.3, -0.25) is 4.79 Å². The second kappa shape index (κ2) is 9.15. The Kier molecular flexibility index (Phi) is 7.86. The van der Waals surface area contributed by atoms with E-state index in [1.54, 1.807) is 6.92 Å². The summed E-state index contributed by atoms with van der Waals surface area (Å²) in [6.45, 7) is 2.85. The average Bonchev–Trinajstić information content (AvgIpc) is 2.50. The van der Waals surface area contributed by atoms with E-state index in [4.69, 9.17) is 9.47 Å². The van der Waals surface area contributed by atoms with Gasteiger partial charge in [0.15, 0.2) is 11.5 Å². The van der Waals surface area contributed by atoms with Gasteiger partial charge in [0.1, 0.15) is 6.54 Å². The lowest BCUT2D eigenvalue weighted by molar-refractivity contribution is -0.140. The van der Waals surface area contributed by atoms with Gasteiger partial charge in [-0.15, -0.1) is 0 Å². The number of hydrogen-bond acceptors (Lipinski definition) is 3. The highest BCUT2D eigenvalue weighted by Gasteiger charge is 2.33. The van der Waals surface area contributed by atoms with Crippen molar-refractivity contribution in [2.45, 2.75) is 32.9 Å². The zero-order valence-electron chi connectivity index (χ0n) is 13.9. The van der Waals surface area contributed by atoms with Crippen LogP contribution in [-0.2, 0) is 0 Å².